The smallest absolute Gasteiger partial charge is 0.246 e. The molecule has 6 nitrogen and oxygen atoms in total. The van der Waals surface area contributed by atoms with E-state index < -0.39 is 0 Å². The Kier molecular flexibility index (Phi) is 4.06. The molecule has 0 bridgehead atoms. The molecule has 0 aliphatic rings. The number of carbonyl (C=O) groups excluding carboxylic acids is 1. The Morgan fingerprint density at radius 2 is 1.79 bits per heavy atom. The molecule has 2 aromatic carbocycles. The number of nitrogens with zero attached hydrogens (tertiary/aromatic N) is 4. The molecule has 136 valence electrons. The van der Waals surface area contributed by atoms with Crippen LogP contribution in [0.25, 0.3) is 32.6 Å². The molecular weight excluding hydrogens is 370 g/mol. The lowest BCUT2D eigenvalue weighted by molar-refractivity contribution is -0.116. The third-order valence-electron chi connectivity index (χ3n) is 4.42. The zero-order valence-electron chi connectivity index (χ0n) is 14.7. The van der Waals surface area contributed by atoms with Crippen LogP contribution in [0, 0.1) is 0 Å². The first-order valence-electron chi connectivity index (χ1n) is 8.79. The minimum Gasteiger partial charge on any atom is -0.314 e. The predicted molar refractivity (Wildman–Crippen MR) is 111 cm³/mol. The average Bonchev–Trinajstić information content (AvgIpc) is 3.29. The second kappa shape index (κ2) is 6.86. The summed E-state index contributed by atoms with van der Waals surface area (Å²) in [6.45, 7) is 0.140. The number of fused-ring (bicyclic) bond motifs is 2. The molecule has 7 heteroatoms. The maximum atomic E-state index is 12.8. The number of aromatic nitrogens is 4. The Balaban J connectivity index is 1.49. The number of benzene rings is 2. The topological polar surface area (TPSA) is 72.7 Å². The Labute approximate surface area is 164 Å². The lowest BCUT2D eigenvalue weighted by Crippen LogP contribution is -2.19. The number of thiazole rings is 1. The summed E-state index contributed by atoms with van der Waals surface area (Å²) in [6, 6.07) is 19.4. The molecule has 0 aliphatic carbocycles. The SMILES string of the molecule is O=C(Cn1c(-c2cccnc2)nc2ccccc21)Nc1nc2ccccc2s1. The van der Waals surface area contributed by atoms with Crippen LogP contribution < -0.4 is 5.32 Å². The van der Waals surface area contributed by atoms with E-state index in [0.29, 0.717) is 11.0 Å². The second-order valence-electron chi connectivity index (χ2n) is 6.29. The largest absolute Gasteiger partial charge is 0.314 e. The zero-order chi connectivity index (χ0) is 18.9. The Hall–Kier alpha value is -3.58. The summed E-state index contributed by atoms with van der Waals surface area (Å²) in [5.74, 6) is 0.570. The van der Waals surface area contributed by atoms with Crippen LogP contribution in [0.4, 0.5) is 5.13 Å². The molecule has 0 saturated heterocycles. The monoisotopic (exact) mass is 385 g/mol. The number of hydrogen-bond donors (Lipinski definition) is 1. The second-order valence-corrected chi connectivity index (χ2v) is 7.32. The van der Waals surface area contributed by atoms with Crippen molar-refractivity contribution in [2.24, 2.45) is 0 Å². The minimum atomic E-state index is -0.146. The van der Waals surface area contributed by atoms with Crippen molar-refractivity contribution in [1.29, 1.82) is 0 Å². The molecule has 0 unspecified atom stereocenters. The summed E-state index contributed by atoms with van der Waals surface area (Å²) < 4.78 is 2.96. The van der Waals surface area contributed by atoms with E-state index in [0.717, 1.165) is 26.8 Å². The summed E-state index contributed by atoms with van der Waals surface area (Å²) in [6.07, 6.45) is 3.47. The van der Waals surface area contributed by atoms with Crippen LogP contribution in [0.15, 0.2) is 73.1 Å². The van der Waals surface area contributed by atoms with E-state index >= 15 is 0 Å². The highest BCUT2D eigenvalue weighted by Gasteiger charge is 2.16. The molecule has 5 aromatic rings. The van der Waals surface area contributed by atoms with Crippen LogP contribution in [-0.4, -0.2) is 25.4 Å². The molecule has 5 rings (SSSR count). The highest BCUT2D eigenvalue weighted by atomic mass is 32.1. The number of rotatable bonds is 4. The number of hydrogen-bond acceptors (Lipinski definition) is 5. The molecule has 3 heterocycles. The van der Waals surface area contributed by atoms with Crippen molar-refractivity contribution in [3.8, 4) is 11.4 Å². The van der Waals surface area contributed by atoms with Gasteiger partial charge in [0.25, 0.3) is 0 Å². The average molecular weight is 385 g/mol. The molecule has 3 aromatic heterocycles. The van der Waals surface area contributed by atoms with E-state index in [2.05, 4.69) is 15.3 Å². The third kappa shape index (κ3) is 3.01. The van der Waals surface area contributed by atoms with Gasteiger partial charge in [-0.05, 0) is 36.4 Å². The van der Waals surface area contributed by atoms with E-state index in [-0.39, 0.29) is 12.5 Å². The number of anilines is 1. The molecule has 0 radical (unpaired) electrons. The number of amides is 1. The molecule has 0 aliphatic heterocycles. The number of nitrogens with one attached hydrogen (secondary N) is 1. The fourth-order valence-corrected chi connectivity index (χ4v) is 4.06. The van der Waals surface area contributed by atoms with Gasteiger partial charge >= 0.3 is 0 Å². The van der Waals surface area contributed by atoms with E-state index in [4.69, 9.17) is 4.98 Å². The lowest BCUT2D eigenvalue weighted by atomic mass is 10.2. The van der Waals surface area contributed by atoms with Crippen LogP contribution >= 0.6 is 11.3 Å². The molecule has 0 saturated carbocycles. The highest BCUT2D eigenvalue weighted by Crippen LogP contribution is 2.27. The van der Waals surface area contributed by atoms with Gasteiger partial charge in [-0.15, -0.1) is 0 Å². The van der Waals surface area contributed by atoms with Crippen molar-refractivity contribution >= 4 is 43.6 Å². The zero-order valence-corrected chi connectivity index (χ0v) is 15.6. The fourth-order valence-electron chi connectivity index (χ4n) is 3.18. The maximum Gasteiger partial charge on any atom is 0.246 e. The molecule has 0 fully saturated rings. The lowest BCUT2D eigenvalue weighted by Gasteiger charge is -2.08. The molecule has 0 atom stereocenters. The van der Waals surface area contributed by atoms with E-state index in [1.165, 1.54) is 11.3 Å². The standard InChI is InChI=1S/C21H15N5OS/c27-19(25-21-24-16-8-2-4-10-18(16)28-21)13-26-17-9-3-1-7-15(17)23-20(26)14-6-5-11-22-12-14/h1-12H,13H2,(H,24,25,27). The maximum absolute atomic E-state index is 12.8. The van der Waals surface area contributed by atoms with E-state index in [9.17, 15) is 4.79 Å². The fraction of sp³-hybridized carbons (Fsp3) is 0.0476. The third-order valence-corrected chi connectivity index (χ3v) is 5.37. The highest BCUT2D eigenvalue weighted by molar-refractivity contribution is 7.22. The summed E-state index contributed by atoms with van der Waals surface area (Å²) in [7, 11) is 0. The van der Waals surface area contributed by atoms with Crippen LogP contribution in [0.2, 0.25) is 0 Å². The van der Waals surface area contributed by atoms with Crippen LogP contribution in [-0.2, 0) is 11.3 Å². The Morgan fingerprint density at radius 3 is 2.61 bits per heavy atom. The van der Waals surface area contributed by atoms with Crippen LogP contribution in [0.3, 0.4) is 0 Å². The molecule has 1 N–H and O–H groups in total. The van der Waals surface area contributed by atoms with Gasteiger partial charge in [0.15, 0.2) is 5.13 Å². The minimum absolute atomic E-state index is 0.140. The summed E-state index contributed by atoms with van der Waals surface area (Å²) in [5.41, 5.74) is 3.49. The van der Waals surface area contributed by atoms with Crippen molar-refractivity contribution in [2.75, 3.05) is 5.32 Å². The molecular formula is C21H15N5OS. The first-order valence-corrected chi connectivity index (χ1v) is 9.61. The Bertz CT molecular complexity index is 1260. The van der Waals surface area contributed by atoms with Gasteiger partial charge in [-0.1, -0.05) is 35.6 Å². The first-order chi connectivity index (χ1) is 13.8. The van der Waals surface area contributed by atoms with Gasteiger partial charge < -0.3 is 9.88 Å². The van der Waals surface area contributed by atoms with Crippen molar-refractivity contribution in [3.05, 3.63) is 73.1 Å². The van der Waals surface area contributed by atoms with Gasteiger partial charge in [0.1, 0.15) is 12.4 Å². The number of carbonyl (C=O) groups is 1. The van der Waals surface area contributed by atoms with Crippen molar-refractivity contribution in [2.45, 2.75) is 6.54 Å². The van der Waals surface area contributed by atoms with Gasteiger partial charge in [-0.25, -0.2) is 9.97 Å². The Morgan fingerprint density at radius 1 is 0.964 bits per heavy atom. The summed E-state index contributed by atoms with van der Waals surface area (Å²) in [5, 5.41) is 3.51. The first kappa shape index (κ1) is 16.6. The van der Waals surface area contributed by atoms with E-state index in [1.807, 2.05) is 65.2 Å². The number of imidazole rings is 1. The predicted octanol–water partition coefficient (Wildman–Crippen LogP) is 4.35. The van der Waals surface area contributed by atoms with Crippen molar-refractivity contribution < 1.29 is 4.79 Å². The van der Waals surface area contributed by atoms with Gasteiger partial charge in [0.2, 0.25) is 5.91 Å². The normalized spacial score (nSPS) is 11.1. The van der Waals surface area contributed by atoms with Gasteiger partial charge in [0.05, 0.1) is 21.3 Å². The molecule has 28 heavy (non-hydrogen) atoms. The quantitative estimate of drug-likeness (QED) is 0.499. The van der Waals surface area contributed by atoms with Gasteiger partial charge in [-0.3, -0.25) is 9.78 Å². The van der Waals surface area contributed by atoms with Gasteiger partial charge in [0, 0.05) is 18.0 Å². The summed E-state index contributed by atoms with van der Waals surface area (Å²) in [4.78, 5) is 26.1. The van der Waals surface area contributed by atoms with Crippen molar-refractivity contribution in [1.82, 2.24) is 19.5 Å². The van der Waals surface area contributed by atoms with Crippen LogP contribution in [0.5, 0.6) is 0 Å². The number of pyridine rings is 1. The summed E-state index contributed by atoms with van der Waals surface area (Å²) >= 11 is 1.46. The van der Waals surface area contributed by atoms with Crippen molar-refractivity contribution in [3.63, 3.8) is 0 Å². The van der Waals surface area contributed by atoms with Gasteiger partial charge in [-0.2, -0.15) is 0 Å². The molecule has 0 spiro atoms. The number of para-hydroxylation sites is 3. The van der Waals surface area contributed by atoms with Crippen LogP contribution in [0.1, 0.15) is 0 Å². The van der Waals surface area contributed by atoms with E-state index in [1.54, 1.807) is 12.4 Å². The molecule has 1 amide bonds.